The van der Waals surface area contributed by atoms with Crippen LogP contribution in [0.1, 0.15) is 12.0 Å². The second kappa shape index (κ2) is 3.68. The van der Waals surface area contributed by atoms with Gasteiger partial charge >= 0.3 is 0 Å². The first-order valence-electron chi connectivity index (χ1n) is 5.17. The van der Waals surface area contributed by atoms with Crippen LogP contribution in [-0.4, -0.2) is 35.1 Å². The number of amides is 1. The Morgan fingerprint density at radius 1 is 1.56 bits per heavy atom. The van der Waals surface area contributed by atoms with Gasteiger partial charge in [0, 0.05) is 18.4 Å². The zero-order chi connectivity index (χ0) is 11.1. The summed E-state index contributed by atoms with van der Waals surface area (Å²) < 4.78 is 5.29. The molecule has 3 rings (SSSR count). The second-order valence-corrected chi connectivity index (χ2v) is 4.28. The Bertz CT molecular complexity index is 446. The fourth-order valence-corrected chi connectivity index (χ4v) is 2.31. The molecule has 2 aliphatic rings. The van der Waals surface area contributed by atoms with Crippen molar-refractivity contribution < 1.29 is 9.53 Å². The van der Waals surface area contributed by atoms with Crippen LogP contribution in [0.5, 0.6) is 0 Å². The summed E-state index contributed by atoms with van der Waals surface area (Å²) >= 11 is 5.75. The molecule has 2 aliphatic heterocycles. The fraction of sp³-hybridized carbons (Fsp3) is 0.500. The van der Waals surface area contributed by atoms with Crippen molar-refractivity contribution in [2.24, 2.45) is 0 Å². The Hall–Kier alpha value is -1.20. The largest absolute Gasteiger partial charge is 0.379 e. The average Bonchev–Trinajstić information content (AvgIpc) is 2.83. The van der Waals surface area contributed by atoms with Gasteiger partial charge in [-0.1, -0.05) is 0 Å². The van der Waals surface area contributed by atoms with Gasteiger partial charge < -0.3 is 4.74 Å². The molecule has 0 aliphatic carbocycles. The first-order valence-corrected chi connectivity index (χ1v) is 5.55. The quantitative estimate of drug-likeness (QED) is 0.681. The summed E-state index contributed by atoms with van der Waals surface area (Å²) in [7, 11) is 0. The number of hydrogen-bond acceptors (Lipinski definition) is 4. The zero-order valence-electron chi connectivity index (χ0n) is 8.52. The van der Waals surface area contributed by atoms with Crippen LogP contribution < -0.4 is 4.90 Å². The van der Waals surface area contributed by atoms with Crippen molar-refractivity contribution in [1.29, 1.82) is 0 Å². The van der Waals surface area contributed by atoms with Gasteiger partial charge in [-0.05, 0) is 18.0 Å². The molecule has 3 heterocycles. The van der Waals surface area contributed by atoms with Gasteiger partial charge in [-0.15, -0.1) is 0 Å². The first kappa shape index (κ1) is 9.99. The molecule has 0 N–H and O–H groups in total. The molecule has 1 amide bonds. The molecule has 6 heteroatoms. The van der Waals surface area contributed by atoms with Crippen LogP contribution in [0.3, 0.4) is 0 Å². The van der Waals surface area contributed by atoms with Crippen molar-refractivity contribution in [3.63, 3.8) is 0 Å². The third-order valence-electron chi connectivity index (χ3n) is 2.92. The molecule has 1 saturated heterocycles. The summed E-state index contributed by atoms with van der Waals surface area (Å²) in [6, 6.07) is 0.0970. The molecule has 0 spiro atoms. The lowest BCUT2D eigenvalue weighted by atomic mass is 10.2. The summed E-state index contributed by atoms with van der Waals surface area (Å²) in [6.07, 6.45) is 2.84. The maximum Gasteiger partial charge on any atom is 0.233 e. The number of rotatable bonds is 1. The molecule has 16 heavy (non-hydrogen) atoms. The third kappa shape index (κ3) is 1.47. The molecule has 0 unspecified atom stereocenters. The van der Waals surface area contributed by atoms with Crippen LogP contribution in [0.2, 0.25) is 5.28 Å². The van der Waals surface area contributed by atoms with Gasteiger partial charge in [-0.2, -0.15) is 4.98 Å². The predicted molar refractivity (Wildman–Crippen MR) is 57.5 cm³/mol. The van der Waals surface area contributed by atoms with E-state index in [1.54, 1.807) is 11.1 Å². The topological polar surface area (TPSA) is 55.3 Å². The summed E-state index contributed by atoms with van der Waals surface area (Å²) in [5.74, 6) is 0.711. The Morgan fingerprint density at radius 2 is 2.44 bits per heavy atom. The second-order valence-electron chi connectivity index (χ2n) is 3.95. The predicted octanol–water partition coefficient (Wildman–Crippen LogP) is 0.808. The van der Waals surface area contributed by atoms with E-state index in [1.165, 1.54) is 0 Å². The van der Waals surface area contributed by atoms with E-state index in [0.717, 1.165) is 12.0 Å². The highest BCUT2D eigenvalue weighted by atomic mass is 35.5. The molecule has 1 aromatic heterocycles. The van der Waals surface area contributed by atoms with E-state index >= 15 is 0 Å². The van der Waals surface area contributed by atoms with E-state index in [-0.39, 0.29) is 17.2 Å². The van der Waals surface area contributed by atoms with E-state index in [9.17, 15) is 4.79 Å². The lowest BCUT2D eigenvalue weighted by molar-refractivity contribution is -0.117. The number of nitrogens with zero attached hydrogens (tertiary/aromatic N) is 3. The molecular formula is C10H10ClN3O2. The van der Waals surface area contributed by atoms with E-state index < -0.39 is 0 Å². The van der Waals surface area contributed by atoms with E-state index in [4.69, 9.17) is 16.3 Å². The lowest BCUT2D eigenvalue weighted by Crippen LogP contribution is -2.38. The van der Waals surface area contributed by atoms with Crippen molar-refractivity contribution in [2.75, 3.05) is 18.1 Å². The molecule has 0 aromatic carbocycles. The number of fused-ring (bicyclic) bond motifs is 1. The zero-order valence-corrected chi connectivity index (χ0v) is 9.28. The number of anilines is 1. The number of carbonyl (C=O) groups is 1. The Labute approximate surface area is 97.4 Å². The van der Waals surface area contributed by atoms with E-state index in [1.807, 2.05) is 0 Å². The van der Waals surface area contributed by atoms with Crippen LogP contribution in [-0.2, 0) is 16.0 Å². The number of aromatic nitrogens is 2. The van der Waals surface area contributed by atoms with Crippen LogP contribution in [0.15, 0.2) is 6.20 Å². The summed E-state index contributed by atoms with van der Waals surface area (Å²) in [5.41, 5.74) is 0.848. The van der Waals surface area contributed by atoms with Gasteiger partial charge in [0.25, 0.3) is 0 Å². The summed E-state index contributed by atoms with van der Waals surface area (Å²) in [5, 5.41) is 0.178. The van der Waals surface area contributed by atoms with E-state index in [2.05, 4.69) is 9.97 Å². The number of halogens is 1. The van der Waals surface area contributed by atoms with Gasteiger partial charge in [0.15, 0.2) is 0 Å². The van der Waals surface area contributed by atoms with Gasteiger partial charge in [0.1, 0.15) is 5.82 Å². The minimum atomic E-state index is 0.0575. The van der Waals surface area contributed by atoms with Gasteiger partial charge in [-0.25, -0.2) is 4.98 Å². The van der Waals surface area contributed by atoms with Crippen LogP contribution in [0.25, 0.3) is 0 Å². The van der Waals surface area contributed by atoms with Crippen LogP contribution in [0, 0.1) is 0 Å². The first-order chi connectivity index (χ1) is 7.75. The Balaban J connectivity index is 2.00. The average molecular weight is 240 g/mol. The Morgan fingerprint density at radius 3 is 3.19 bits per heavy atom. The van der Waals surface area contributed by atoms with Gasteiger partial charge in [0.2, 0.25) is 11.2 Å². The van der Waals surface area contributed by atoms with Crippen molar-refractivity contribution >= 4 is 23.3 Å². The highest BCUT2D eigenvalue weighted by Gasteiger charge is 2.36. The summed E-state index contributed by atoms with van der Waals surface area (Å²) in [4.78, 5) is 21.6. The van der Waals surface area contributed by atoms with Crippen molar-refractivity contribution in [2.45, 2.75) is 18.9 Å². The highest BCUT2D eigenvalue weighted by Crippen LogP contribution is 2.31. The van der Waals surface area contributed by atoms with Gasteiger partial charge in [0.05, 0.1) is 19.1 Å². The maximum atomic E-state index is 11.9. The van der Waals surface area contributed by atoms with Crippen molar-refractivity contribution in [3.05, 3.63) is 17.0 Å². The fourth-order valence-electron chi connectivity index (χ4n) is 2.18. The van der Waals surface area contributed by atoms with Crippen molar-refractivity contribution in [3.8, 4) is 0 Å². The van der Waals surface area contributed by atoms with Gasteiger partial charge in [-0.3, -0.25) is 9.69 Å². The molecule has 0 bridgehead atoms. The molecule has 0 radical (unpaired) electrons. The minimum absolute atomic E-state index is 0.0575. The lowest BCUT2D eigenvalue weighted by Gasteiger charge is -2.22. The van der Waals surface area contributed by atoms with Crippen LogP contribution >= 0.6 is 11.6 Å². The summed E-state index contributed by atoms with van der Waals surface area (Å²) in [6.45, 7) is 1.27. The standard InChI is InChI=1S/C10H10ClN3O2/c11-10-12-4-6-3-8(15)14(9(6)13-10)7-1-2-16-5-7/h4,7H,1-3,5H2/t7-/m0/s1. The molecule has 1 fully saturated rings. The Kier molecular flexibility index (Phi) is 2.29. The number of ether oxygens (including phenoxy) is 1. The minimum Gasteiger partial charge on any atom is -0.379 e. The van der Waals surface area contributed by atoms with E-state index in [0.29, 0.717) is 25.5 Å². The molecule has 1 aromatic rings. The molecular weight excluding hydrogens is 230 g/mol. The molecule has 0 saturated carbocycles. The SMILES string of the molecule is O=C1Cc2cnc(Cl)nc2N1[C@H]1CCOC1. The number of hydrogen-bond donors (Lipinski definition) is 0. The molecule has 5 nitrogen and oxygen atoms in total. The van der Waals surface area contributed by atoms with Crippen LogP contribution in [0.4, 0.5) is 5.82 Å². The molecule has 84 valence electrons. The molecule has 1 atom stereocenters. The van der Waals surface area contributed by atoms with Crippen molar-refractivity contribution in [1.82, 2.24) is 9.97 Å². The smallest absolute Gasteiger partial charge is 0.233 e. The normalized spacial score (nSPS) is 23.9. The third-order valence-corrected chi connectivity index (χ3v) is 3.10. The number of carbonyl (C=O) groups excluding carboxylic acids is 1. The monoisotopic (exact) mass is 239 g/mol. The maximum absolute atomic E-state index is 11.9. The highest BCUT2D eigenvalue weighted by molar-refractivity contribution is 6.28.